The van der Waals surface area contributed by atoms with Gasteiger partial charge in [-0.25, -0.2) is 9.18 Å². The third-order valence-electron chi connectivity index (χ3n) is 7.46. The first kappa shape index (κ1) is 26.5. The Morgan fingerprint density at radius 3 is 2.49 bits per heavy atom. The fraction of sp³-hybridized carbons (Fsp3) is 0.310. The van der Waals surface area contributed by atoms with Gasteiger partial charge in [0.2, 0.25) is 0 Å². The summed E-state index contributed by atoms with van der Waals surface area (Å²) in [6.45, 7) is 2.00. The van der Waals surface area contributed by atoms with Crippen LogP contribution in [0.3, 0.4) is 0 Å². The summed E-state index contributed by atoms with van der Waals surface area (Å²) in [5.74, 6) is -0.118. The molecular weight excluding hydrogens is 514 g/mol. The van der Waals surface area contributed by atoms with Crippen molar-refractivity contribution in [3.05, 3.63) is 93.7 Å². The molecule has 2 heterocycles. The molecule has 0 aliphatic carbocycles. The van der Waals surface area contributed by atoms with Gasteiger partial charge in [-0.05, 0) is 55.7 Å². The molecule has 0 amide bonds. The second kappa shape index (κ2) is 10.2. The maximum atomic E-state index is 14.7. The number of benzene rings is 3. The number of nitrogens with zero attached hydrogens (tertiary/aromatic N) is 3. The second-order valence-corrected chi connectivity index (χ2v) is 9.74. The van der Waals surface area contributed by atoms with E-state index < -0.39 is 23.2 Å². The fourth-order valence-corrected chi connectivity index (χ4v) is 5.72. The van der Waals surface area contributed by atoms with E-state index in [0.29, 0.717) is 42.5 Å². The Hall–Kier alpha value is -4.08. The molecule has 204 valence electrons. The predicted octanol–water partition coefficient (Wildman–Crippen LogP) is 6.06. The molecule has 0 saturated carbocycles. The monoisotopic (exact) mass is 541 g/mol. The van der Waals surface area contributed by atoms with Gasteiger partial charge in [-0.1, -0.05) is 30.3 Å². The molecule has 5 rings (SSSR count). The summed E-state index contributed by atoms with van der Waals surface area (Å²) in [6, 6.07) is 14.2. The van der Waals surface area contributed by atoms with Gasteiger partial charge in [0, 0.05) is 24.2 Å². The number of carbonyl (C=O) groups is 1. The molecule has 1 aromatic heterocycles. The van der Waals surface area contributed by atoms with Crippen molar-refractivity contribution in [3.8, 4) is 5.75 Å². The summed E-state index contributed by atoms with van der Waals surface area (Å²) in [4.78, 5) is 27.3. The number of para-hydroxylation sites is 2. The van der Waals surface area contributed by atoms with Crippen LogP contribution in [-0.4, -0.2) is 35.1 Å². The highest BCUT2D eigenvalue weighted by molar-refractivity contribution is 5.85. The van der Waals surface area contributed by atoms with Crippen LogP contribution in [0, 0.1) is 5.82 Å². The van der Waals surface area contributed by atoms with E-state index in [1.165, 1.54) is 42.0 Å². The van der Waals surface area contributed by atoms with Crippen molar-refractivity contribution in [2.24, 2.45) is 0 Å². The first-order valence-corrected chi connectivity index (χ1v) is 12.6. The molecule has 0 radical (unpaired) electrons. The molecular formula is C29H27F4N3O3. The smallest absolute Gasteiger partial charge is 0.416 e. The van der Waals surface area contributed by atoms with Gasteiger partial charge in [-0.2, -0.15) is 13.2 Å². The summed E-state index contributed by atoms with van der Waals surface area (Å²) < 4.78 is 64.4. The van der Waals surface area contributed by atoms with Gasteiger partial charge in [0.1, 0.15) is 17.1 Å². The highest BCUT2D eigenvalue weighted by Gasteiger charge is 2.35. The number of fused-ring (bicyclic) bond motifs is 1. The molecule has 1 saturated heterocycles. The number of aldehydes is 1. The number of anilines is 1. The van der Waals surface area contributed by atoms with Crippen LogP contribution in [0.4, 0.5) is 23.2 Å². The first-order valence-electron chi connectivity index (χ1n) is 12.6. The zero-order chi connectivity index (χ0) is 27.9. The van der Waals surface area contributed by atoms with E-state index in [-0.39, 0.29) is 35.4 Å². The molecule has 6 nitrogen and oxygen atoms in total. The molecule has 4 aromatic rings. The van der Waals surface area contributed by atoms with Crippen LogP contribution >= 0.6 is 0 Å². The number of aromatic nitrogens is 2. The number of hydrogen-bond donors (Lipinski definition) is 0. The first-order chi connectivity index (χ1) is 18.7. The number of imidazole rings is 1. The van der Waals surface area contributed by atoms with Crippen molar-refractivity contribution in [3.63, 3.8) is 0 Å². The molecule has 1 fully saturated rings. The van der Waals surface area contributed by atoms with Crippen LogP contribution in [0.25, 0.3) is 11.0 Å². The third-order valence-corrected chi connectivity index (χ3v) is 7.46. The molecule has 0 bridgehead atoms. The molecule has 0 spiro atoms. The minimum atomic E-state index is -4.57. The van der Waals surface area contributed by atoms with Crippen molar-refractivity contribution in [1.29, 1.82) is 0 Å². The zero-order valence-corrected chi connectivity index (χ0v) is 21.4. The van der Waals surface area contributed by atoms with Gasteiger partial charge < -0.3 is 9.64 Å². The zero-order valence-electron chi connectivity index (χ0n) is 21.4. The van der Waals surface area contributed by atoms with Gasteiger partial charge in [0.15, 0.2) is 6.29 Å². The highest BCUT2D eigenvalue weighted by Crippen LogP contribution is 2.37. The summed E-state index contributed by atoms with van der Waals surface area (Å²) in [6.07, 6.45) is -3.02. The molecule has 2 unspecified atom stereocenters. The van der Waals surface area contributed by atoms with E-state index in [1.807, 2.05) is 11.8 Å². The van der Waals surface area contributed by atoms with Gasteiger partial charge >= 0.3 is 11.9 Å². The average molecular weight is 542 g/mol. The summed E-state index contributed by atoms with van der Waals surface area (Å²) in [5.41, 5.74) is 0.174. The molecule has 10 heteroatoms. The predicted molar refractivity (Wildman–Crippen MR) is 140 cm³/mol. The molecule has 3 aromatic carbocycles. The summed E-state index contributed by atoms with van der Waals surface area (Å²) >= 11 is 0. The molecule has 1 aliphatic rings. The minimum absolute atomic E-state index is 0.0267. The molecule has 39 heavy (non-hydrogen) atoms. The van der Waals surface area contributed by atoms with Gasteiger partial charge in [-0.3, -0.25) is 13.9 Å². The molecule has 1 aliphatic heterocycles. The van der Waals surface area contributed by atoms with Crippen LogP contribution in [0.5, 0.6) is 5.75 Å². The number of methoxy groups -OCH3 is 1. The third kappa shape index (κ3) is 4.68. The second-order valence-electron chi connectivity index (χ2n) is 9.74. The standard InChI is InChI=1S/C29H27F4N3O3/c1-18-15-21(13-14-34(18)26-20(17-37)8-5-10-23(26)30)36-24-11-6-12-25(39-2)27(24)35(28(36)38)16-19-7-3-4-9-22(19)29(31,32)33/h3-12,17-18,21H,13-16H2,1-2H3. The van der Waals surface area contributed by atoms with E-state index >= 15 is 0 Å². The van der Waals surface area contributed by atoms with Crippen LogP contribution in [0.1, 0.15) is 47.3 Å². The van der Waals surface area contributed by atoms with E-state index in [0.717, 1.165) is 6.07 Å². The minimum Gasteiger partial charge on any atom is -0.494 e. The van der Waals surface area contributed by atoms with Crippen LogP contribution in [0.2, 0.25) is 0 Å². The van der Waals surface area contributed by atoms with Crippen LogP contribution < -0.4 is 15.3 Å². The van der Waals surface area contributed by atoms with Crippen molar-refractivity contribution in [1.82, 2.24) is 9.13 Å². The number of carbonyl (C=O) groups excluding carboxylic acids is 1. The lowest BCUT2D eigenvalue weighted by Gasteiger charge is -2.40. The Balaban J connectivity index is 1.57. The van der Waals surface area contributed by atoms with Gasteiger partial charge in [0.05, 0.1) is 30.4 Å². The largest absolute Gasteiger partial charge is 0.494 e. The lowest BCUT2D eigenvalue weighted by molar-refractivity contribution is -0.138. The fourth-order valence-electron chi connectivity index (χ4n) is 5.72. The Bertz CT molecular complexity index is 1590. The lowest BCUT2D eigenvalue weighted by atomic mass is 9.96. The Morgan fingerprint density at radius 1 is 1.05 bits per heavy atom. The molecule has 2 atom stereocenters. The van der Waals surface area contributed by atoms with Crippen molar-refractivity contribution in [2.75, 3.05) is 18.6 Å². The number of hydrogen-bond acceptors (Lipinski definition) is 4. The van der Waals surface area contributed by atoms with Crippen LogP contribution in [-0.2, 0) is 12.7 Å². The van der Waals surface area contributed by atoms with Crippen molar-refractivity contribution in [2.45, 2.75) is 44.6 Å². The van der Waals surface area contributed by atoms with Crippen molar-refractivity contribution < 1.29 is 27.1 Å². The van der Waals surface area contributed by atoms with Gasteiger partial charge in [0.25, 0.3) is 0 Å². The number of piperidine rings is 1. The number of alkyl halides is 3. The Kier molecular flexibility index (Phi) is 6.96. The number of ether oxygens (including phenoxy) is 1. The Labute approximate surface area is 222 Å². The molecule has 0 N–H and O–H groups in total. The Morgan fingerprint density at radius 2 is 1.79 bits per heavy atom. The number of rotatable bonds is 6. The van der Waals surface area contributed by atoms with Crippen LogP contribution in [0.15, 0.2) is 65.5 Å². The summed E-state index contributed by atoms with van der Waals surface area (Å²) in [5, 5.41) is 0. The maximum Gasteiger partial charge on any atom is 0.416 e. The lowest BCUT2D eigenvalue weighted by Crippen LogP contribution is -2.44. The summed E-state index contributed by atoms with van der Waals surface area (Å²) in [7, 11) is 1.45. The normalized spacial score (nSPS) is 17.9. The average Bonchev–Trinajstić information content (AvgIpc) is 3.19. The quantitative estimate of drug-likeness (QED) is 0.220. The SMILES string of the molecule is COc1cccc2c1n(Cc1ccccc1C(F)(F)F)c(=O)n2C1CCN(c2c(F)cccc2C=O)C(C)C1. The highest BCUT2D eigenvalue weighted by atomic mass is 19.4. The topological polar surface area (TPSA) is 56.5 Å². The number of halogens is 4. The van der Waals surface area contributed by atoms with E-state index in [9.17, 15) is 27.2 Å². The van der Waals surface area contributed by atoms with Gasteiger partial charge in [-0.15, -0.1) is 0 Å². The van der Waals surface area contributed by atoms with E-state index in [4.69, 9.17) is 4.74 Å². The van der Waals surface area contributed by atoms with Crippen molar-refractivity contribution >= 4 is 23.0 Å². The van der Waals surface area contributed by atoms with E-state index in [2.05, 4.69) is 0 Å². The maximum absolute atomic E-state index is 14.7. The van der Waals surface area contributed by atoms with E-state index in [1.54, 1.807) is 28.8 Å².